The van der Waals surface area contributed by atoms with E-state index in [-0.39, 0.29) is 28.3 Å². The number of aromatic nitrogens is 1. The Morgan fingerprint density at radius 2 is 2.29 bits per heavy atom. The Labute approximate surface area is 85.1 Å². The lowest BCUT2D eigenvalue weighted by molar-refractivity contribution is 0.149. The van der Waals surface area contributed by atoms with Gasteiger partial charge in [0.25, 0.3) is 6.43 Å². The van der Waals surface area contributed by atoms with Crippen molar-refractivity contribution in [1.82, 2.24) is 4.98 Å². The highest BCUT2D eigenvalue weighted by molar-refractivity contribution is 6.17. The largest absolute Gasteiger partial charge is 0.265 e. The van der Waals surface area contributed by atoms with E-state index in [1.54, 1.807) is 6.07 Å². The van der Waals surface area contributed by atoms with Crippen molar-refractivity contribution in [3.8, 4) is 6.07 Å². The third kappa shape index (κ3) is 1.83. The van der Waals surface area contributed by atoms with Crippen LogP contribution < -0.4 is 0 Å². The summed E-state index contributed by atoms with van der Waals surface area (Å²) < 4.78 is 25.2. The minimum absolute atomic E-state index is 0.0772. The van der Waals surface area contributed by atoms with Gasteiger partial charge in [-0.2, -0.15) is 5.26 Å². The fraction of sp³-hybridized carbons (Fsp3) is 0.333. The monoisotopic (exact) mass is 216 g/mol. The van der Waals surface area contributed by atoms with Gasteiger partial charge in [0.1, 0.15) is 6.07 Å². The maximum Gasteiger partial charge on any atom is 0.265 e. The van der Waals surface area contributed by atoms with Crippen LogP contribution in [0.4, 0.5) is 8.78 Å². The van der Waals surface area contributed by atoms with Gasteiger partial charge in [0.2, 0.25) is 0 Å². The van der Waals surface area contributed by atoms with E-state index in [2.05, 4.69) is 4.98 Å². The number of hydrogen-bond donors (Lipinski definition) is 0. The molecule has 14 heavy (non-hydrogen) atoms. The molecule has 0 spiro atoms. The molecule has 1 aromatic rings. The predicted octanol–water partition coefficient (Wildman–Crippen LogP) is 2.94. The summed E-state index contributed by atoms with van der Waals surface area (Å²) in [6.45, 7) is 1.47. The van der Waals surface area contributed by atoms with Gasteiger partial charge < -0.3 is 0 Å². The van der Waals surface area contributed by atoms with Gasteiger partial charge in [-0.05, 0) is 12.5 Å². The van der Waals surface area contributed by atoms with E-state index in [0.717, 1.165) is 0 Å². The van der Waals surface area contributed by atoms with Gasteiger partial charge in [-0.25, -0.2) is 8.78 Å². The van der Waals surface area contributed by atoms with Crippen molar-refractivity contribution in [3.63, 3.8) is 0 Å². The van der Waals surface area contributed by atoms with Crippen LogP contribution in [0.3, 0.4) is 0 Å². The van der Waals surface area contributed by atoms with Crippen LogP contribution in [0.1, 0.15) is 28.8 Å². The van der Waals surface area contributed by atoms with Crippen molar-refractivity contribution in [2.75, 3.05) is 0 Å². The zero-order valence-corrected chi connectivity index (χ0v) is 8.15. The quantitative estimate of drug-likeness (QED) is 0.713. The molecule has 0 radical (unpaired) electrons. The summed E-state index contributed by atoms with van der Waals surface area (Å²) in [4.78, 5) is 3.72. The van der Waals surface area contributed by atoms with E-state index in [0.29, 0.717) is 0 Å². The van der Waals surface area contributed by atoms with Gasteiger partial charge in [0.15, 0.2) is 0 Å². The van der Waals surface area contributed by atoms with Gasteiger partial charge in [-0.3, -0.25) is 4.98 Å². The molecule has 0 aliphatic carbocycles. The van der Waals surface area contributed by atoms with Gasteiger partial charge in [-0.1, -0.05) is 0 Å². The van der Waals surface area contributed by atoms with Crippen LogP contribution in [0.2, 0.25) is 0 Å². The fourth-order valence-electron chi connectivity index (χ4n) is 1.18. The van der Waals surface area contributed by atoms with Crippen LogP contribution in [0.15, 0.2) is 6.20 Å². The summed E-state index contributed by atoms with van der Waals surface area (Å²) in [5.74, 6) is -0.0772. The summed E-state index contributed by atoms with van der Waals surface area (Å²) in [5.41, 5.74) is 0.333. The molecule has 0 saturated carbocycles. The van der Waals surface area contributed by atoms with Gasteiger partial charge >= 0.3 is 0 Å². The topological polar surface area (TPSA) is 36.7 Å². The second-order valence-corrected chi connectivity index (χ2v) is 2.97. The van der Waals surface area contributed by atoms with Crippen molar-refractivity contribution in [3.05, 3.63) is 28.6 Å². The van der Waals surface area contributed by atoms with E-state index in [9.17, 15) is 8.78 Å². The minimum atomic E-state index is -2.65. The van der Waals surface area contributed by atoms with Crippen molar-refractivity contribution in [2.45, 2.75) is 19.2 Å². The summed E-state index contributed by atoms with van der Waals surface area (Å²) in [6.07, 6.45) is -1.39. The average molecular weight is 217 g/mol. The Kier molecular flexibility index (Phi) is 3.37. The third-order valence-electron chi connectivity index (χ3n) is 1.93. The highest BCUT2D eigenvalue weighted by Crippen LogP contribution is 2.27. The van der Waals surface area contributed by atoms with Crippen LogP contribution in [-0.4, -0.2) is 4.98 Å². The molecule has 1 heterocycles. The Hall–Kier alpha value is -1.21. The maximum atomic E-state index is 12.6. The molecule has 0 aliphatic heterocycles. The molecule has 0 N–H and O–H groups in total. The molecule has 2 nitrogen and oxygen atoms in total. The summed E-state index contributed by atoms with van der Waals surface area (Å²) in [7, 11) is 0. The Bertz CT molecular complexity index is 385. The number of alkyl halides is 3. The summed E-state index contributed by atoms with van der Waals surface area (Å²) >= 11 is 5.46. The molecule has 0 aliphatic rings. The lowest BCUT2D eigenvalue weighted by Gasteiger charge is -2.09. The third-order valence-corrected chi connectivity index (χ3v) is 2.19. The van der Waals surface area contributed by atoms with Gasteiger partial charge in [-0.15, -0.1) is 11.6 Å². The van der Waals surface area contributed by atoms with Crippen molar-refractivity contribution in [1.29, 1.82) is 5.26 Å². The molecule has 0 fully saturated rings. The molecular weight excluding hydrogens is 210 g/mol. The van der Waals surface area contributed by atoms with Crippen LogP contribution in [0.5, 0.6) is 0 Å². The highest BCUT2D eigenvalue weighted by atomic mass is 35.5. The lowest BCUT2D eigenvalue weighted by Crippen LogP contribution is -2.02. The molecular formula is C9H7ClF2N2. The first kappa shape index (κ1) is 10.9. The van der Waals surface area contributed by atoms with Crippen LogP contribution in [-0.2, 0) is 5.88 Å². The number of halogens is 3. The molecule has 0 amide bonds. The van der Waals surface area contributed by atoms with E-state index in [4.69, 9.17) is 16.9 Å². The number of rotatable bonds is 2. The summed E-state index contributed by atoms with van der Waals surface area (Å²) in [5, 5.41) is 8.62. The molecule has 1 rings (SSSR count). The number of hydrogen-bond acceptors (Lipinski definition) is 2. The zero-order valence-electron chi connectivity index (χ0n) is 7.39. The minimum Gasteiger partial charge on any atom is -0.258 e. The Morgan fingerprint density at radius 1 is 1.64 bits per heavy atom. The number of pyridine rings is 1. The van der Waals surface area contributed by atoms with Crippen LogP contribution >= 0.6 is 11.6 Å². The normalized spacial score (nSPS) is 10.3. The SMILES string of the molecule is Cc1c(C#N)cnc(CCl)c1C(F)F. The first-order valence-electron chi connectivity index (χ1n) is 3.84. The second-order valence-electron chi connectivity index (χ2n) is 2.70. The smallest absolute Gasteiger partial charge is 0.258 e. The molecule has 0 aromatic carbocycles. The molecule has 74 valence electrons. The number of nitrogens with zero attached hydrogens (tertiary/aromatic N) is 2. The first-order chi connectivity index (χ1) is 6.61. The zero-order chi connectivity index (χ0) is 10.7. The van der Waals surface area contributed by atoms with E-state index < -0.39 is 6.43 Å². The van der Waals surface area contributed by atoms with Gasteiger partial charge in [0, 0.05) is 11.8 Å². The average Bonchev–Trinajstić information content (AvgIpc) is 2.16. The van der Waals surface area contributed by atoms with E-state index in [1.807, 2.05) is 0 Å². The predicted molar refractivity (Wildman–Crippen MR) is 48.2 cm³/mol. The molecule has 0 saturated heterocycles. The van der Waals surface area contributed by atoms with Crippen molar-refractivity contribution >= 4 is 11.6 Å². The molecule has 0 atom stereocenters. The van der Waals surface area contributed by atoms with Crippen LogP contribution in [0.25, 0.3) is 0 Å². The van der Waals surface area contributed by atoms with Crippen molar-refractivity contribution < 1.29 is 8.78 Å². The molecule has 0 bridgehead atoms. The van der Waals surface area contributed by atoms with Crippen LogP contribution in [0, 0.1) is 18.3 Å². The first-order valence-corrected chi connectivity index (χ1v) is 4.37. The molecule has 0 unspecified atom stereocenters. The molecule has 1 aromatic heterocycles. The van der Waals surface area contributed by atoms with E-state index >= 15 is 0 Å². The molecule has 5 heteroatoms. The lowest BCUT2D eigenvalue weighted by atomic mass is 10.0. The highest BCUT2D eigenvalue weighted by Gasteiger charge is 2.18. The Morgan fingerprint density at radius 3 is 2.71 bits per heavy atom. The van der Waals surface area contributed by atoms with Crippen molar-refractivity contribution in [2.24, 2.45) is 0 Å². The fourth-order valence-corrected chi connectivity index (χ4v) is 1.39. The summed E-state index contributed by atoms with van der Waals surface area (Å²) in [6, 6.07) is 1.80. The number of nitriles is 1. The Balaban J connectivity index is 3.41. The van der Waals surface area contributed by atoms with Gasteiger partial charge in [0.05, 0.1) is 17.1 Å². The second kappa shape index (κ2) is 4.34. The maximum absolute atomic E-state index is 12.6. The standard InChI is InChI=1S/C9H7ClF2N2/c1-5-6(3-13)4-14-7(2-10)8(5)9(11)12/h4,9H,2H2,1H3. The van der Waals surface area contributed by atoms with E-state index in [1.165, 1.54) is 13.1 Å².